The van der Waals surface area contributed by atoms with Crippen molar-refractivity contribution in [2.24, 2.45) is 0 Å². The van der Waals surface area contributed by atoms with E-state index in [9.17, 15) is 9.59 Å². The molecular weight excluding hydrogens is 347 g/mol. The summed E-state index contributed by atoms with van der Waals surface area (Å²) in [6, 6.07) is 0. The zero-order chi connectivity index (χ0) is 13.8. The molecule has 4 nitrogen and oxygen atoms in total. The van der Waals surface area contributed by atoms with Gasteiger partial charge in [-0.05, 0) is 12.8 Å². The fraction of sp³-hybridized carbons (Fsp3) is 0.846. The lowest BCUT2D eigenvalue weighted by atomic mass is 10.2. The summed E-state index contributed by atoms with van der Waals surface area (Å²) < 4.78 is 10.9. The van der Waals surface area contributed by atoms with Gasteiger partial charge in [0, 0.05) is 10.8 Å². The van der Waals surface area contributed by atoms with Crippen LogP contribution in [0.4, 0.5) is 0 Å². The van der Waals surface area contributed by atoms with Crippen LogP contribution in [0, 0.1) is 0 Å². The van der Waals surface area contributed by atoms with Crippen LogP contribution < -0.4 is 0 Å². The number of halogens is 1. The third kappa shape index (κ3) is 9.67. The van der Waals surface area contributed by atoms with Gasteiger partial charge in [-0.25, -0.2) is 0 Å². The fourth-order valence-electron chi connectivity index (χ4n) is 1.36. The van der Waals surface area contributed by atoms with E-state index in [0.717, 1.165) is 25.7 Å². The summed E-state index contributed by atoms with van der Waals surface area (Å²) in [4.78, 5) is 22.8. The Bertz CT molecular complexity index is 243. The van der Waals surface area contributed by atoms with Gasteiger partial charge < -0.3 is 9.47 Å². The summed E-state index contributed by atoms with van der Waals surface area (Å²) in [5.74, 6) is -0.519. The van der Waals surface area contributed by atoms with Crippen LogP contribution in [0.5, 0.6) is 0 Å². The molecule has 0 saturated heterocycles. The van der Waals surface area contributed by atoms with E-state index in [1.54, 1.807) is 0 Å². The van der Waals surface area contributed by atoms with Gasteiger partial charge in [0.05, 0.1) is 13.0 Å². The highest BCUT2D eigenvalue weighted by Crippen LogP contribution is 2.08. The number of alkyl halides is 1. The molecule has 0 bridgehead atoms. The maximum atomic E-state index is 11.5. The molecule has 1 atom stereocenters. The molecule has 0 aromatic heterocycles. The van der Waals surface area contributed by atoms with Gasteiger partial charge in [0.25, 0.3) is 0 Å². The van der Waals surface area contributed by atoms with Crippen molar-refractivity contribution in [2.45, 2.75) is 58.5 Å². The average Bonchev–Trinajstić information content (AvgIpc) is 2.34. The van der Waals surface area contributed by atoms with Gasteiger partial charge in [0.2, 0.25) is 0 Å². The molecule has 0 aromatic carbocycles. The summed E-state index contributed by atoms with van der Waals surface area (Å²) >= 11 is 2.11. The van der Waals surface area contributed by atoms with Crippen molar-refractivity contribution >= 4 is 34.5 Å². The summed E-state index contributed by atoms with van der Waals surface area (Å²) in [5, 5.41) is 0. The lowest BCUT2D eigenvalue weighted by molar-refractivity contribution is -0.153. The predicted molar refractivity (Wildman–Crippen MR) is 78.8 cm³/mol. The maximum Gasteiger partial charge on any atom is 0.309 e. The van der Waals surface area contributed by atoms with Crippen LogP contribution in [0.25, 0.3) is 0 Å². The number of rotatable bonds is 10. The van der Waals surface area contributed by atoms with Crippen LogP contribution in [0.1, 0.15) is 52.4 Å². The minimum Gasteiger partial charge on any atom is -0.466 e. The molecule has 18 heavy (non-hydrogen) atoms. The van der Waals surface area contributed by atoms with E-state index in [-0.39, 0.29) is 24.5 Å². The number of unbranched alkanes of at least 4 members (excludes halogenated alkanes) is 2. The van der Waals surface area contributed by atoms with Crippen LogP contribution in [-0.4, -0.2) is 29.1 Å². The molecule has 0 saturated carbocycles. The normalized spacial score (nSPS) is 11.9. The molecule has 0 spiro atoms. The van der Waals surface area contributed by atoms with Gasteiger partial charge in [0.15, 0.2) is 0 Å². The van der Waals surface area contributed by atoms with Gasteiger partial charge in [0.1, 0.15) is 6.10 Å². The first kappa shape index (κ1) is 17.7. The predicted octanol–water partition coefficient (Wildman–Crippen LogP) is 3.26. The van der Waals surface area contributed by atoms with Gasteiger partial charge in [-0.3, -0.25) is 9.59 Å². The van der Waals surface area contributed by atoms with Crippen LogP contribution >= 0.6 is 22.6 Å². The van der Waals surface area contributed by atoms with E-state index >= 15 is 0 Å². The molecule has 0 fully saturated rings. The second-order valence-corrected chi connectivity index (χ2v) is 5.03. The highest BCUT2D eigenvalue weighted by atomic mass is 127. The molecule has 0 radical (unpaired) electrons. The lowest BCUT2D eigenvalue weighted by Crippen LogP contribution is -2.24. The average molecular weight is 370 g/mol. The van der Waals surface area contributed by atoms with E-state index in [1.165, 1.54) is 0 Å². The molecule has 1 unspecified atom stereocenters. The van der Waals surface area contributed by atoms with Crippen molar-refractivity contribution < 1.29 is 19.1 Å². The van der Waals surface area contributed by atoms with E-state index in [4.69, 9.17) is 9.47 Å². The molecule has 0 N–H and O–H groups in total. The number of ether oxygens (including phenoxy) is 2. The zero-order valence-corrected chi connectivity index (χ0v) is 13.4. The fourth-order valence-corrected chi connectivity index (χ4v) is 1.85. The quantitative estimate of drug-likeness (QED) is 0.256. The second-order valence-electron chi connectivity index (χ2n) is 4.15. The first-order chi connectivity index (χ1) is 8.63. The number of hydrogen-bond acceptors (Lipinski definition) is 4. The Labute approximate surface area is 123 Å². The molecule has 0 amide bonds. The monoisotopic (exact) mass is 370 g/mol. The molecular formula is C13H23IO4. The minimum atomic E-state index is -0.358. The van der Waals surface area contributed by atoms with Crippen molar-refractivity contribution in [3.8, 4) is 0 Å². The summed E-state index contributed by atoms with van der Waals surface area (Å²) in [6.07, 6.45) is 4.02. The first-order valence-electron chi connectivity index (χ1n) is 6.55. The Morgan fingerprint density at radius 1 is 1.11 bits per heavy atom. The van der Waals surface area contributed by atoms with Crippen molar-refractivity contribution in [1.82, 2.24) is 0 Å². The Morgan fingerprint density at radius 3 is 2.39 bits per heavy atom. The standard InChI is InChI=1S/C13H23IO4/c1-3-5-6-8-17-13(16)9-11(10-14)18-12(15)7-4-2/h11H,3-10H2,1-2H3. The van der Waals surface area contributed by atoms with E-state index in [0.29, 0.717) is 17.5 Å². The molecule has 106 valence electrons. The smallest absolute Gasteiger partial charge is 0.309 e. The highest BCUT2D eigenvalue weighted by molar-refractivity contribution is 14.1. The van der Waals surface area contributed by atoms with Gasteiger partial charge >= 0.3 is 11.9 Å². The van der Waals surface area contributed by atoms with Crippen LogP contribution in [0.2, 0.25) is 0 Å². The molecule has 0 aromatic rings. The van der Waals surface area contributed by atoms with Gasteiger partial charge in [-0.15, -0.1) is 0 Å². The number of carbonyl (C=O) groups excluding carboxylic acids is 2. The highest BCUT2D eigenvalue weighted by Gasteiger charge is 2.17. The van der Waals surface area contributed by atoms with Gasteiger partial charge in [-0.2, -0.15) is 0 Å². The molecule has 0 aliphatic rings. The van der Waals surface area contributed by atoms with Crippen molar-refractivity contribution in [3.63, 3.8) is 0 Å². The molecule has 0 heterocycles. The number of esters is 2. The molecule has 0 aliphatic heterocycles. The van der Waals surface area contributed by atoms with Crippen LogP contribution in [0.3, 0.4) is 0 Å². The molecule has 5 heteroatoms. The SMILES string of the molecule is CCCCCOC(=O)CC(CI)OC(=O)CCC. The van der Waals surface area contributed by atoms with Gasteiger partial charge in [-0.1, -0.05) is 49.3 Å². The van der Waals surface area contributed by atoms with Crippen molar-refractivity contribution in [2.75, 3.05) is 11.0 Å². The number of hydrogen-bond donors (Lipinski definition) is 0. The van der Waals surface area contributed by atoms with Crippen LogP contribution in [-0.2, 0) is 19.1 Å². The largest absolute Gasteiger partial charge is 0.466 e. The van der Waals surface area contributed by atoms with Crippen molar-refractivity contribution in [1.29, 1.82) is 0 Å². The Kier molecular flexibility index (Phi) is 11.5. The molecule has 0 rings (SSSR count). The minimum absolute atomic E-state index is 0.157. The topological polar surface area (TPSA) is 52.6 Å². The Balaban J connectivity index is 3.82. The van der Waals surface area contributed by atoms with E-state index in [1.807, 2.05) is 6.92 Å². The Hall–Kier alpha value is -0.330. The summed E-state index contributed by atoms with van der Waals surface area (Å²) in [5.41, 5.74) is 0. The number of carbonyl (C=O) groups is 2. The molecule has 0 aliphatic carbocycles. The Morgan fingerprint density at radius 2 is 1.83 bits per heavy atom. The third-order valence-electron chi connectivity index (χ3n) is 2.33. The summed E-state index contributed by atoms with van der Waals surface area (Å²) in [7, 11) is 0. The van der Waals surface area contributed by atoms with E-state index in [2.05, 4.69) is 29.5 Å². The lowest BCUT2D eigenvalue weighted by Gasteiger charge is -2.14. The third-order valence-corrected chi connectivity index (χ3v) is 3.31. The first-order valence-corrected chi connectivity index (χ1v) is 8.07. The van der Waals surface area contributed by atoms with Crippen molar-refractivity contribution in [3.05, 3.63) is 0 Å². The maximum absolute atomic E-state index is 11.5. The second kappa shape index (κ2) is 11.7. The zero-order valence-electron chi connectivity index (χ0n) is 11.2. The summed E-state index contributed by atoms with van der Waals surface area (Å²) in [6.45, 7) is 4.48. The van der Waals surface area contributed by atoms with E-state index < -0.39 is 0 Å². The van der Waals surface area contributed by atoms with Crippen LogP contribution in [0.15, 0.2) is 0 Å².